The van der Waals surface area contributed by atoms with E-state index in [1.165, 1.54) is 5.57 Å². The second-order valence-corrected chi connectivity index (χ2v) is 9.41. The summed E-state index contributed by atoms with van der Waals surface area (Å²) in [7, 11) is 1.71. The lowest BCUT2D eigenvalue weighted by atomic mass is 9.84. The number of amides is 1. The van der Waals surface area contributed by atoms with Gasteiger partial charge in [0.1, 0.15) is 0 Å². The molecule has 1 unspecified atom stereocenters. The highest BCUT2D eigenvalue weighted by molar-refractivity contribution is 5.97. The number of aryl methyl sites for hydroxylation is 1. The van der Waals surface area contributed by atoms with Gasteiger partial charge in [-0.05, 0) is 61.8 Å². The number of ether oxygens (including phenoxy) is 1. The zero-order chi connectivity index (χ0) is 22.9. The van der Waals surface area contributed by atoms with Gasteiger partial charge in [0, 0.05) is 36.4 Å². The van der Waals surface area contributed by atoms with Crippen LogP contribution >= 0.6 is 0 Å². The van der Waals surface area contributed by atoms with Crippen LogP contribution in [-0.4, -0.2) is 39.8 Å². The van der Waals surface area contributed by atoms with E-state index in [-0.39, 0.29) is 23.6 Å². The summed E-state index contributed by atoms with van der Waals surface area (Å²) in [5.74, 6) is -3.45. The van der Waals surface area contributed by atoms with Crippen LogP contribution in [0.1, 0.15) is 43.0 Å². The monoisotopic (exact) mass is 455 g/mol. The molecule has 1 amide bonds. The smallest absolute Gasteiger partial charge is 0.254 e. The van der Waals surface area contributed by atoms with Gasteiger partial charge < -0.3 is 9.64 Å². The Balaban J connectivity index is 1.35. The summed E-state index contributed by atoms with van der Waals surface area (Å²) in [5, 5.41) is 4.66. The molecule has 2 fully saturated rings. The van der Waals surface area contributed by atoms with Gasteiger partial charge in [0.25, 0.3) is 5.91 Å². The maximum absolute atomic E-state index is 13.9. The normalized spacial score (nSPS) is 25.9. The Hall–Kier alpha value is -2.87. The lowest BCUT2D eigenvalue weighted by molar-refractivity contribution is -0.130. The van der Waals surface area contributed by atoms with Crippen LogP contribution in [0.2, 0.25) is 0 Å². The third kappa shape index (κ3) is 3.18. The van der Waals surface area contributed by atoms with Crippen LogP contribution in [-0.2, 0) is 23.0 Å². The summed E-state index contributed by atoms with van der Waals surface area (Å²) >= 11 is 0. The van der Waals surface area contributed by atoms with Crippen molar-refractivity contribution in [2.45, 2.75) is 44.2 Å². The van der Waals surface area contributed by atoms with E-state index in [0.29, 0.717) is 30.2 Å². The Labute approximate surface area is 189 Å². The lowest BCUT2D eigenvalue weighted by Gasteiger charge is -2.36. The van der Waals surface area contributed by atoms with Crippen LogP contribution in [0.15, 0.2) is 35.4 Å². The zero-order valence-electron chi connectivity index (χ0n) is 18.3. The van der Waals surface area contributed by atoms with E-state index in [2.05, 4.69) is 5.10 Å². The van der Waals surface area contributed by atoms with E-state index in [0.717, 1.165) is 55.7 Å². The number of allylic oxidation sites excluding steroid dienone is 1. The van der Waals surface area contributed by atoms with Crippen molar-refractivity contribution in [2.24, 2.45) is 13.0 Å². The first-order valence-electron chi connectivity index (χ1n) is 11.4. The van der Waals surface area contributed by atoms with Crippen LogP contribution < -0.4 is 0 Å². The van der Waals surface area contributed by atoms with E-state index in [1.807, 2.05) is 17.1 Å². The van der Waals surface area contributed by atoms with E-state index in [4.69, 9.17) is 4.74 Å². The van der Waals surface area contributed by atoms with Crippen LogP contribution in [0.5, 0.6) is 0 Å². The molecule has 2 bridgehead atoms. The quantitative estimate of drug-likeness (QED) is 0.632. The fourth-order valence-corrected chi connectivity index (χ4v) is 5.98. The maximum Gasteiger partial charge on any atom is 0.254 e. The minimum absolute atomic E-state index is 0.00674. The topological polar surface area (TPSA) is 47.4 Å². The number of fused-ring (bicyclic) bond motifs is 5. The first kappa shape index (κ1) is 20.7. The average molecular weight is 455 g/mol. The molecule has 0 radical (unpaired) electrons. The Bertz CT molecular complexity index is 1210. The minimum atomic E-state index is -1.48. The molecule has 4 aliphatic rings. The van der Waals surface area contributed by atoms with E-state index in [9.17, 15) is 18.0 Å². The van der Waals surface area contributed by atoms with Gasteiger partial charge in [-0.1, -0.05) is 6.08 Å². The summed E-state index contributed by atoms with van der Waals surface area (Å²) in [6, 6.07) is 1.84. The van der Waals surface area contributed by atoms with Crippen LogP contribution in [0.4, 0.5) is 13.2 Å². The number of aromatic nitrogens is 2. The van der Waals surface area contributed by atoms with E-state index < -0.39 is 17.5 Å². The van der Waals surface area contributed by atoms with Crippen molar-refractivity contribution in [3.05, 3.63) is 64.1 Å². The SMILES string of the molecule is Cn1nc2c(c1-c1cc(F)c(F)c(F)c1)C[C@H]1CC[C@@H]2N1C(=O)C1=CCC2CCOCC2=C1. The standard InChI is InChI=1S/C25H24F3N3O2/c1-30-24(15-9-19(26)22(28)20(27)10-15)18-11-17-4-5-21(23(18)29-30)31(17)25(32)14-3-2-13-6-7-33-12-16(13)8-14/h3,8-10,13,17,21H,2,4-7,11-12H2,1H3/t13?,17-,21+/m1/s1. The van der Waals surface area contributed by atoms with Crippen LogP contribution in [0.25, 0.3) is 11.3 Å². The zero-order valence-corrected chi connectivity index (χ0v) is 18.3. The summed E-state index contributed by atoms with van der Waals surface area (Å²) in [6.07, 6.45) is 8.09. The number of carbonyl (C=O) groups is 1. The molecule has 0 spiro atoms. The number of hydrogen-bond donors (Lipinski definition) is 0. The summed E-state index contributed by atoms with van der Waals surface area (Å²) in [5.41, 5.74) is 4.39. The molecule has 2 aromatic rings. The number of halogens is 3. The average Bonchev–Trinajstić information content (AvgIpc) is 3.32. The lowest BCUT2D eigenvalue weighted by Crippen LogP contribution is -2.42. The van der Waals surface area contributed by atoms with Gasteiger partial charge in [-0.15, -0.1) is 0 Å². The molecule has 1 aromatic heterocycles. The second kappa shape index (κ2) is 7.58. The van der Waals surface area contributed by atoms with Gasteiger partial charge in [0.2, 0.25) is 0 Å². The molecule has 4 heterocycles. The number of carbonyl (C=O) groups excluding carboxylic acids is 1. The van der Waals surface area contributed by atoms with Crippen molar-refractivity contribution >= 4 is 5.91 Å². The number of hydrogen-bond acceptors (Lipinski definition) is 3. The predicted octanol–water partition coefficient (Wildman–Crippen LogP) is 4.39. The molecular formula is C25H24F3N3O2. The Kier molecular flexibility index (Phi) is 4.76. The van der Waals surface area contributed by atoms with E-state index >= 15 is 0 Å². The highest BCUT2D eigenvalue weighted by Gasteiger charge is 2.46. The molecule has 33 heavy (non-hydrogen) atoms. The van der Waals surface area contributed by atoms with Gasteiger partial charge >= 0.3 is 0 Å². The van der Waals surface area contributed by atoms with Gasteiger partial charge in [-0.3, -0.25) is 9.48 Å². The third-order valence-corrected chi connectivity index (χ3v) is 7.54. The molecule has 8 heteroatoms. The van der Waals surface area contributed by atoms with E-state index in [1.54, 1.807) is 11.7 Å². The highest BCUT2D eigenvalue weighted by atomic mass is 19.2. The molecule has 0 saturated carbocycles. The fraction of sp³-hybridized carbons (Fsp3) is 0.440. The first-order valence-corrected chi connectivity index (χ1v) is 11.4. The Morgan fingerprint density at radius 3 is 2.73 bits per heavy atom. The molecule has 2 saturated heterocycles. The molecule has 1 aliphatic carbocycles. The van der Waals surface area contributed by atoms with Crippen molar-refractivity contribution in [2.75, 3.05) is 13.2 Å². The van der Waals surface area contributed by atoms with Crippen molar-refractivity contribution in [1.29, 1.82) is 0 Å². The fourth-order valence-electron chi connectivity index (χ4n) is 5.98. The number of benzene rings is 1. The van der Waals surface area contributed by atoms with Crippen molar-refractivity contribution in [1.82, 2.24) is 14.7 Å². The van der Waals surface area contributed by atoms with Gasteiger partial charge in [-0.25, -0.2) is 13.2 Å². The van der Waals surface area contributed by atoms with Gasteiger partial charge in [0.15, 0.2) is 17.5 Å². The molecule has 6 rings (SSSR count). The summed E-state index contributed by atoms with van der Waals surface area (Å²) < 4.78 is 48.6. The molecule has 0 N–H and O–H groups in total. The van der Waals surface area contributed by atoms with Gasteiger partial charge in [0.05, 0.1) is 24.0 Å². The summed E-state index contributed by atoms with van der Waals surface area (Å²) in [6.45, 7) is 1.35. The Morgan fingerprint density at radius 2 is 1.94 bits per heavy atom. The van der Waals surface area contributed by atoms with Crippen molar-refractivity contribution in [3.63, 3.8) is 0 Å². The number of nitrogens with zero attached hydrogens (tertiary/aromatic N) is 3. The molecule has 172 valence electrons. The molecule has 1 aromatic carbocycles. The first-order chi connectivity index (χ1) is 15.9. The predicted molar refractivity (Wildman–Crippen MR) is 115 cm³/mol. The maximum atomic E-state index is 13.9. The highest BCUT2D eigenvalue weighted by Crippen LogP contribution is 2.47. The largest absolute Gasteiger partial charge is 0.377 e. The third-order valence-electron chi connectivity index (χ3n) is 7.54. The molecule has 3 atom stereocenters. The summed E-state index contributed by atoms with van der Waals surface area (Å²) in [4.78, 5) is 15.5. The van der Waals surface area contributed by atoms with Gasteiger partial charge in [-0.2, -0.15) is 5.10 Å². The van der Waals surface area contributed by atoms with Crippen LogP contribution in [0.3, 0.4) is 0 Å². The molecular weight excluding hydrogens is 431 g/mol. The van der Waals surface area contributed by atoms with Crippen molar-refractivity contribution in [3.8, 4) is 11.3 Å². The minimum Gasteiger partial charge on any atom is -0.377 e. The number of rotatable bonds is 2. The second-order valence-electron chi connectivity index (χ2n) is 9.41. The molecule has 5 nitrogen and oxygen atoms in total. The Morgan fingerprint density at radius 1 is 1.15 bits per heavy atom. The molecule has 3 aliphatic heterocycles. The van der Waals surface area contributed by atoms with Crippen molar-refractivity contribution < 1.29 is 22.7 Å². The van der Waals surface area contributed by atoms with Crippen LogP contribution in [0, 0.1) is 23.4 Å².